The molecule has 0 saturated heterocycles. The maximum absolute atomic E-state index is 12.0. The smallest absolute Gasteiger partial charge is 0.748 e. The summed E-state index contributed by atoms with van der Waals surface area (Å²) in [5.74, 6) is -0.357. The predicted octanol–water partition coefficient (Wildman–Crippen LogP) is 4.60. The van der Waals surface area contributed by atoms with E-state index >= 15 is 0 Å². The summed E-state index contributed by atoms with van der Waals surface area (Å²) >= 11 is 0. The Morgan fingerprint density at radius 3 is 1.26 bits per heavy atom. The molecular weight excluding hydrogens is 473 g/mol. The maximum Gasteiger partial charge on any atom is 1.00 e. The van der Waals surface area contributed by atoms with Crippen LogP contribution in [-0.4, -0.2) is 43.1 Å². The molecule has 1 amide bonds. The summed E-state index contributed by atoms with van der Waals surface area (Å²) in [7, 11) is -2.50. The largest absolute Gasteiger partial charge is 1.00 e. The van der Waals surface area contributed by atoms with Gasteiger partial charge in [0.25, 0.3) is 0 Å². The van der Waals surface area contributed by atoms with Gasteiger partial charge in [-0.1, -0.05) is 129 Å². The molecule has 198 valence electrons. The van der Waals surface area contributed by atoms with Gasteiger partial charge in [0.1, 0.15) is 0 Å². The van der Waals surface area contributed by atoms with Crippen molar-refractivity contribution in [3.63, 3.8) is 0 Å². The van der Waals surface area contributed by atoms with Gasteiger partial charge in [-0.15, -0.1) is 0 Å². The Labute approximate surface area is 255 Å². The molecule has 0 aliphatic rings. The van der Waals surface area contributed by atoms with Crippen LogP contribution in [0.5, 0.6) is 0 Å². The van der Waals surface area contributed by atoms with Crippen LogP contribution in [0.3, 0.4) is 0 Å². The summed E-state index contributed by atoms with van der Waals surface area (Å²) in [6.45, 7) is 2.61. The molecule has 0 spiro atoms. The van der Waals surface area contributed by atoms with E-state index in [1.54, 1.807) is 11.9 Å². The molecule has 0 rings (SSSR count). The molecule has 0 fully saturated rings. The van der Waals surface area contributed by atoms with Crippen molar-refractivity contribution in [2.75, 3.05) is 19.3 Å². The Kier molecular flexibility index (Phi) is 29.6. The molecule has 0 aromatic rings. The zero-order chi connectivity index (χ0) is 24.6. The Morgan fingerprint density at radius 2 is 0.941 bits per heavy atom. The Hall–Kier alpha value is 1.02. The van der Waals surface area contributed by atoms with Crippen LogP contribution in [-0.2, 0) is 14.9 Å². The van der Waals surface area contributed by atoms with Gasteiger partial charge in [-0.25, -0.2) is 8.42 Å². The topological polar surface area (TPSA) is 77.5 Å². The maximum atomic E-state index is 12.0. The Bertz CT molecular complexity index is 543. The first-order chi connectivity index (χ1) is 15.9. The zero-order valence-electron chi connectivity index (χ0n) is 23.0. The first kappa shape index (κ1) is 37.2. The number of nitrogens with zero attached hydrogens (tertiary/aromatic N) is 1. The van der Waals surface area contributed by atoms with E-state index in [1.165, 1.54) is 116 Å². The van der Waals surface area contributed by atoms with Gasteiger partial charge in [-0.2, -0.15) is 0 Å². The quantitative estimate of drug-likeness (QED) is 0.0988. The van der Waals surface area contributed by atoms with Gasteiger partial charge in [0.2, 0.25) is 5.91 Å². The number of carbonyl (C=O) groups is 1. The van der Waals surface area contributed by atoms with Gasteiger partial charge in [-0.05, 0) is 12.8 Å². The van der Waals surface area contributed by atoms with Crippen LogP contribution < -0.4 is 51.4 Å². The molecule has 7 heteroatoms. The van der Waals surface area contributed by atoms with E-state index in [-0.39, 0.29) is 63.7 Å². The molecule has 0 atom stereocenters. The van der Waals surface area contributed by atoms with E-state index in [9.17, 15) is 17.8 Å². The predicted molar refractivity (Wildman–Crippen MR) is 139 cm³/mol. The summed E-state index contributed by atoms with van der Waals surface area (Å²) in [5, 5.41) is 0. The van der Waals surface area contributed by atoms with Gasteiger partial charge >= 0.3 is 51.4 Å². The summed E-state index contributed by atoms with van der Waals surface area (Å²) in [6.07, 6.45) is 27.5. The molecule has 0 heterocycles. The number of rotatable bonds is 25. The molecule has 0 aromatic heterocycles. The van der Waals surface area contributed by atoms with E-state index in [4.69, 9.17) is 0 Å². The van der Waals surface area contributed by atoms with Crippen molar-refractivity contribution in [3.05, 3.63) is 0 Å². The molecule has 34 heavy (non-hydrogen) atoms. The molecule has 0 saturated carbocycles. The third-order valence-electron chi connectivity index (χ3n) is 6.56. The number of amides is 1. The monoisotopic (exact) mass is 527 g/mol. The van der Waals surface area contributed by atoms with E-state index < -0.39 is 15.9 Å². The summed E-state index contributed by atoms with van der Waals surface area (Å²) in [5.41, 5.74) is 0. The molecule has 0 aromatic carbocycles. The minimum Gasteiger partial charge on any atom is -0.748 e. The Balaban J connectivity index is 0. The molecule has 0 N–H and O–H groups in total. The average molecular weight is 528 g/mol. The van der Waals surface area contributed by atoms with Gasteiger partial charge < -0.3 is 9.45 Å². The standard InChI is InChI=1S/C27H55NO4S.K/c1-3-4-5-6-7-8-9-10-11-12-13-14-15-16-17-18-19-20-21-22-24-27(29)28(2)25-23-26-33(30,31)32;/h3-26H2,1-2H3,(H,30,31,32);/q;+1/p-1. The van der Waals surface area contributed by atoms with Crippen molar-refractivity contribution in [2.24, 2.45) is 0 Å². The summed E-state index contributed by atoms with van der Waals surface area (Å²) in [6, 6.07) is 0. The minimum absolute atomic E-state index is 0. The first-order valence-electron chi connectivity index (χ1n) is 14.0. The normalized spacial score (nSPS) is 11.4. The van der Waals surface area contributed by atoms with E-state index in [0.29, 0.717) is 13.0 Å². The first-order valence-corrected chi connectivity index (χ1v) is 15.6. The Morgan fingerprint density at radius 1 is 0.618 bits per heavy atom. The van der Waals surface area contributed by atoms with Crippen molar-refractivity contribution < 1.29 is 69.1 Å². The third-order valence-corrected chi connectivity index (χ3v) is 7.35. The van der Waals surface area contributed by atoms with Gasteiger partial charge in [0, 0.05) is 25.8 Å². The van der Waals surface area contributed by atoms with E-state index in [0.717, 1.165) is 12.8 Å². The number of hydrogen-bond acceptors (Lipinski definition) is 4. The van der Waals surface area contributed by atoms with Crippen LogP contribution in [0.4, 0.5) is 0 Å². The van der Waals surface area contributed by atoms with Crippen LogP contribution in [0.25, 0.3) is 0 Å². The molecule has 5 nitrogen and oxygen atoms in total. The summed E-state index contributed by atoms with van der Waals surface area (Å²) in [4.78, 5) is 13.5. The third kappa shape index (κ3) is 29.2. The van der Waals surface area contributed by atoms with Crippen molar-refractivity contribution in [2.45, 2.75) is 148 Å². The van der Waals surface area contributed by atoms with Crippen molar-refractivity contribution in [1.29, 1.82) is 0 Å². The molecule has 0 aliphatic carbocycles. The van der Waals surface area contributed by atoms with E-state index in [1.807, 2.05) is 0 Å². The second-order valence-electron chi connectivity index (χ2n) is 9.90. The van der Waals surface area contributed by atoms with Gasteiger partial charge in [0.05, 0.1) is 10.1 Å². The molecule has 0 unspecified atom stereocenters. The van der Waals surface area contributed by atoms with Crippen molar-refractivity contribution in [1.82, 2.24) is 4.90 Å². The van der Waals surface area contributed by atoms with E-state index in [2.05, 4.69) is 6.92 Å². The fourth-order valence-corrected chi connectivity index (χ4v) is 4.81. The van der Waals surface area contributed by atoms with Crippen LogP contribution in [0.1, 0.15) is 148 Å². The minimum atomic E-state index is -4.18. The SMILES string of the molecule is CCCCCCCCCCCCCCCCCCCCCCC(=O)N(C)CCCS(=O)(=O)[O-].[K+]. The van der Waals surface area contributed by atoms with Crippen molar-refractivity contribution in [3.8, 4) is 0 Å². The average Bonchev–Trinajstić information content (AvgIpc) is 2.76. The molecular formula is C27H54KNO4S. The second kappa shape index (κ2) is 27.1. The summed E-state index contributed by atoms with van der Waals surface area (Å²) < 4.78 is 31.8. The second-order valence-corrected chi connectivity index (χ2v) is 11.4. The van der Waals surface area contributed by atoms with Gasteiger partial charge in [0.15, 0.2) is 0 Å². The molecule has 0 bridgehead atoms. The number of carbonyl (C=O) groups excluding carboxylic acids is 1. The van der Waals surface area contributed by atoms with Crippen LogP contribution in [0.2, 0.25) is 0 Å². The van der Waals surface area contributed by atoms with Crippen LogP contribution in [0, 0.1) is 0 Å². The van der Waals surface area contributed by atoms with Crippen LogP contribution in [0.15, 0.2) is 0 Å². The fourth-order valence-electron chi connectivity index (χ4n) is 4.33. The molecule has 0 radical (unpaired) electrons. The zero-order valence-corrected chi connectivity index (χ0v) is 26.9. The number of unbranched alkanes of at least 4 members (excludes halogenated alkanes) is 19. The van der Waals surface area contributed by atoms with Gasteiger partial charge in [-0.3, -0.25) is 4.79 Å². The van der Waals surface area contributed by atoms with Crippen LogP contribution >= 0.6 is 0 Å². The fraction of sp³-hybridized carbons (Fsp3) is 0.963. The van der Waals surface area contributed by atoms with Crippen molar-refractivity contribution >= 4 is 16.0 Å². The number of hydrogen-bond donors (Lipinski definition) is 0. The molecule has 0 aliphatic heterocycles.